The van der Waals surface area contributed by atoms with Gasteiger partial charge in [0.25, 0.3) is 0 Å². The van der Waals surface area contributed by atoms with Gasteiger partial charge in [0.05, 0.1) is 12.7 Å². The van der Waals surface area contributed by atoms with E-state index in [0.717, 1.165) is 24.6 Å². The van der Waals surface area contributed by atoms with Gasteiger partial charge in [-0.15, -0.1) is 0 Å². The van der Waals surface area contributed by atoms with E-state index < -0.39 is 0 Å². The minimum absolute atomic E-state index is 0.0251. The molecular formula is C14H26N4O3. The number of rotatable bonds is 11. The van der Waals surface area contributed by atoms with E-state index in [9.17, 15) is 0 Å². The van der Waals surface area contributed by atoms with Crippen molar-refractivity contribution in [3.63, 3.8) is 0 Å². The normalized spacial score (nSPS) is 12.2. The summed E-state index contributed by atoms with van der Waals surface area (Å²) in [7, 11) is 4.94. The van der Waals surface area contributed by atoms with E-state index in [1.165, 1.54) is 0 Å². The fraction of sp³-hybridized carbons (Fsp3) is 0.714. The zero-order valence-corrected chi connectivity index (χ0v) is 13.3. The monoisotopic (exact) mass is 298 g/mol. The number of aromatic nitrogens is 2. The van der Waals surface area contributed by atoms with E-state index >= 15 is 0 Å². The quantitative estimate of drug-likeness (QED) is 0.641. The summed E-state index contributed by atoms with van der Waals surface area (Å²) < 4.78 is 15.5. The van der Waals surface area contributed by atoms with Crippen LogP contribution in [0.4, 0.5) is 11.6 Å². The Bertz CT molecular complexity index is 404. The molecular weight excluding hydrogens is 272 g/mol. The molecule has 7 heteroatoms. The number of ether oxygens (including phenoxy) is 3. The second-order valence-electron chi connectivity index (χ2n) is 4.61. The van der Waals surface area contributed by atoms with Crippen LogP contribution in [0.1, 0.15) is 19.2 Å². The third-order valence-corrected chi connectivity index (χ3v) is 2.80. The van der Waals surface area contributed by atoms with Crippen LogP contribution in [0.2, 0.25) is 0 Å². The van der Waals surface area contributed by atoms with Gasteiger partial charge in [-0.05, 0) is 6.42 Å². The number of nitrogens with one attached hydrogen (secondary N) is 2. The third-order valence-electron chi connectivity index (χ3n) is 2.80. The van der Waals surface area contributed by atoms with Gasteiger partial charge in [-0.25, -0.2) is 9.97 Å². The predicted molar refractivity (Wildman–Crippen MR) is 82.7 cm³/mol. The average Bonchev–Trinajstić information content (AvgIpc) is 2.49. The second-order valence-corrected chi connectivity index (χ2v) is 4.61. The summed E-state index contributed by atoms with van der Waals surface area (Å²) in [4.78, 5) is 8.82. The van der Waals surface area contributed by atoms with Crippen LogP contribution >= 0.6 is 0 Å². The van der Waals surface area contributed by atoms with Gasteiger partial charge in [-0.2, -0.15) is 0 Å². The molecule has 7 nitrogen and oxygen atoms in total. The van der Waals surface area contributed by atoms with Crippen molar-refractivity contribution >= 4 is 11.6 Å². The molecule has 0 saturated carbocycles. The topological polar surface area (TPSA) is 77.5 Å². The first kappa shape index (κ1) is 17.6. The molecule has 0 saturated heterocycles. The maximum Gasteiger partial charge on any atom is 0.158 e. The molecule has 1 heterocycles. The number of hydrogen-bond donors (Lipinski definition) is 2. The van der Waals surface area contributed by atoms with Crippen molar-refractivity contribution in [2.45, 2.75) is 26.1 Å². The van der Waals surface area contributed by atoms with Crippen LogP contribution in [0, 0.1) is 0 Å². The van der Waals surface area contributed by atoms with Crippen molar-refractivity contribution in [3.8, 4) is 0 Å². The molecule has 2 N–H and O–H groups in total. The van der Waals surface area contributed by atoms with Crippen molar-refractivity contribution in [1.82, 2.24) is 9.97 Å². The van der Waals surface area contributed by atoms with Gasteiger partial charge in [0, 0.05) is 40.5 Å². The second kappa shape index (κ2) is 10.3. The van der Waals surface area contributed by atoms with Crippen LogP contribution < -0.4 is 10.6 Å². The highest BCUT2D eigenvalue weighted by atomic mass is 16.5. The summed E-state index contributed by atoms with van der Waals surface area (Å²) in [6, 6.07) is 1.88. The lowest BCUT2D eigenvalue weighted by molar-refractivity contribution is 0.0365. The van der Waals surface area contributed by atoms with E-state index in [-0.39, 0.29) is 6.10 Å². The molecule has 0 aliphatic carbocycles. The van der Waals surface area contributed by atoms with E-state index in [2.05, 4.69) is 27.5 Å². The molecule has 0 amide bonds. The van der Waals surface area contributed by atoms with Gasteiger partial charge in [-0.3, -0.25) is 0 Å². The molecule has 0 bridgehead atoms. The number of nitrogens with zero attached hydrogens (tertiary/aromatic N) is 2. The zero-order valence-electron chi connectivity index (χ0n) is 13.3. The fourth-order valence-electron chi connectivity index (χ4n) is 1.74. The maximum atomic E-state index is 5.31. The van der Waals surface area contributed by atoms with E-state index in [1.54, 1.807) is 21.3 Å². The Morgan fingerprint density at radius 1 is 1.10 bits per heavy atom. The molecule has 1 rings (SSSR count). The molecule has 0 radical (unpaired) electrons. The zero-order chi connectivity index (χ0) is 15.5. The number of methoxy groups -OCH3 is 3. The number of anilines is 2. The Hall–Kier alpha value is -1.44. The van der Waals surface area contributed by atoms with Crippen LogP contribution in [0.15, 0.2) is 6.07 Å². The van der Waals surface area contributed by atoms with Gasteiger partial charge < -0.3 is 24.8 Å². The summed E-state index contributed by atoms with van der Waals surface area (Å²) in [6.45, 7) is 4.49. The molecule has 0 aliphatic heterocycles. The summed E-state index contributed by atoms with van der Waals surface area (Å²) in [5, 5.41) is 6.50. The molecule has 1 unspecified atom stereocenters. The van der Waals surface area contributed by atoms with Crippen molar-refractivity contribution in [3.05, 3.63) is 11.9 Å². The first-order chi connectivity index (χ1) is 10.2. The van der Waals surface area contributed by atoms with E-state index in [0.29, 0.717) is 25.6 Å². The van der Waals surface area contributed by atoms with Crippen molar-refractivity contribution < 1.29 is 14.2 Å². The minimum Gasteiger partial charge on any atom is -0.382 e. The first-order valence-electron chi connectivity index (χ1n) is 7.09. The van der Waals surface area contributed by atoms with Crippen LogP contribution in [0.3, 0.4) is 0 Å². The molecule has 1 aromatic rings. The molecule has 21 heavy (non-hydrogen) atoms. The van der Waals surface area contributed by atoms with Gasteiger partial charge in [0.15, 0.2) is 5.82 Å². The Labute approximate surface area is 126 Å². The largest absolute Gasteiger partial charge is 0.382 e. The fourth-order valence-corrected chi connectivity index (χ4v) is 1.74. The lowest BCUT2D eigenvalue weighted by atomic mass is 10.3. The number of hydrogen-bond acceptors (Lipinski definition) is 7. The molecule has 0 spiro atoms. The summed E-state index contributed by atoms with van der Waals surface area (Å²) in [6.07, 6.45) is 1.01. The average molecular weight is 298 g/mol. The highest BCUT2D eigenvalue weighted by Crippen LogP contribution is 2.12. The summed E-state index contributed by atoms with van der Waals surface area (Å²) in [5.41, 5.74) is 0. The van der Waals surface area contributed by atoms with Gasteiger partial charge in [-0.1, -0.05) is 6.92 Å². The Balaban J connectivity index is 2.71. The lowest BCUT2D eigenvalue weighted by Gasteiger charge is -2.16. The van der Waals surface area contributed by atoms with Gasteiger partial charge in [0.2, 0.25) is 0 Å². The maximum absolute atomic E-state index is 5.31. The van der Waals surface area contributed by atoms with Crippen LogP contribution in [0.5, 0.6) is 0 Å². The third kappa shape index (κ3) is 6.70. The molecule has 0 fully saturated rings. The molecule has 1 atom stereocenters. The van der Waals surface area contributed by atoms with Crippen molar-refractivity contribution in [2.75, 3.05) is 51.7 Å². The molecule has 0 aromatic carbocycles. The van der Waals surface area contributed by atoms with E-state index in [1.807, 2.05) is 6.07 Å². The molecule has 120 valence electrons. The Morgan fingerprint density at radius 3 is 2.38 bits per heavy atom. The summed E-state index contributed by atoms with van der Waals surface area (Å²) >= 11 is 0. The lowest BCUT2D eigenvalue weighted by Crippen LogP contribution is -2.27. The van der Waals surface area contributed by atoms with Gasteiger partial charge in [0.1, 0.15) is 18.2 Å². The van der Waals surface area contributed by atoms with Crippen LogP contribution in [-0.2, 0) is 20.8 Å². The molecule has 1 aromatic heterocycles. The van der Waals surface area contributed by atoms with Crippen molar-refractivity contribution in [1.29, 1.82) is 0 Å². The highest BCUT2D eigenvalue weighted by Gasteiger charge is 2.09. The predicted octanol–water partition coefficient (Wildman–Crippen LogP) is 1.52. The van der Waals surface area contributed by atoms with Crippen LogP contribution in [0.25, 0.3) is 0 Å². The highest BCUT2D eigenvalue weighted by molar-refractivity contribution is 5.47. The molecule has 0 aliphatic rings. The smallest absolute Gasteiger partial charge is 0.158 e. The minimum atomic E-state index is -0.0251. The first-order valence-corrected chi connectivity index (χ1v) is 7.09. The van der Waals surface area contributed by atoms with E-state index in [4.69, 9.17) is 14.2 Å². The van der Waals surface area contributed by atoms with Gasteiger partial charge >= 0.3 is 0 Å². The SMILES string of the molecule is CCCNc1cc(NCC(COC)OC)nc(COC)n1. The Kier molecular flexibility index (Phi) is 8.65. The summed E-state index contributed by atoms with van der Waals surface area (Å²) in [5.74, 6) is 2.18. The van der Waals surface area contributed by atoms with Crippen molar-refractivity contribution in [2.24, 2.45) is 0 Å². The van der Waals surface area contributed by atoms with Crippen LogP contribution in [-0.4, -0.2) is 57.1 Å². The Morgan fingerprint density at radius 2 is 1.81 bits per heavy atom. The standard InChI is InChI=1S/C14H26N4O3/c1-5-6-15-12-7-13(18-14(17-12)10-20-3)16-8-11(21-4)9-19-2/h7,11H,5-6,8-10H2,1-4H3,(H2,15,16,17,18).